The number of nitrogens with one attached hydrogen (secondary N) is 2. The maximum Gasteiger partial charge on any atom is 0.220 e. The van der Waals surface area contributed by atoms with Gasteiger partial charge in [0.1, 0.15) is 5.75 Å². The fourth-order valence-corrected chi connectivity index (χ4v) is 2.05. The molecule has 18 heavy (non-hydrogen) atoms. The minimum atomic E-state index is 0.0145. The number of hydrogen-bond acceptors (Lipinski definition) is 3. The zero-order valence-corrected chi connectivity index (χ0v) is 10.9. The number of ether oxygens (including phenoxy) is 1. The minimum absolute atomic E-state index is 0.0145. The molecule has 2 rings (SSSR count). The van der Waals surface area contributed by atoms with Gasteiger partial charge in [-0.1, -0.05) is 12.1 Å². The number of rotatable bonds is 5. The van der Waals surface area contributed by atoms with E-state index in [-0.39, 0.29) is 11.9 Å². The number of carbonyl (C=O) groups is 1. The maximum absolute atomic E-state index is 11.8. The average molecular weight is 248 g/mol. The van der Waals surface area contributed by atoms with Crippen LogP contribution in [0, 0.1) is 5.92 Å². The smallest absolute Gasteiger partial charge is 0.220 e. The summed E-state index contributed by atoms with van der Waals surface area (Å²) in [7, 11) is 1.64. The lowest BCUT2D eigenvalue weighted by Crippen LogP contribution is -2.44. The molecule has 1 fully saturated rings. The molecule has 1 atom stereocenters. The largest absolute Gasteiger partial charge is 0.497 e. The lowest BCUT2D eigenvalue weighted by Gasteiger charge is -2.27. The Morgan fingerprint density at radius 1 is 1.56 bits per heavy atom. The minimum Gasteiger partial charge on any atom is -0.497 e. The first-order valence-corrected chi connectivity index (χ1v) is 6.33. The van der Waals surface area contributed by atoms with Gasteiger partial charge in [0.05, 0.1) is 13.2 Å². The van der Waals surface area contributed by atoms with Crippen LogP contribution in [0.5, 0.6) is 5.75 Å². The van der Waals surface area contributed by atoms with Crippen molar-refractivity contribution >= 4 is 5.91 Å². The lowest BCUT2D eigenvalue weighted by atomic mass is 9.98. The van der Waals surface area contributed by atoms with Crippen molar-refractivity contribution < 1.29 is 9.53 Å². The maximum atomic E-state index is 11.8. The van der Waals surface area contributed by atoms with Crippen LogP contribution in [0.15, 0.2) is 24.3 Å². The Kier molecular flexibility index (Phi) is 4.20. The van der Waals surface area contributed by atoms with Gasteiger partial charge >= 0.3 is 0 Å². The van der Waals surface area contributed by atoms with Crippen molar-refractivity contribution in [3.05, 3.63) is 29.8 Å². The molecular weight excluding hydrogens is 228 g/mol. The van der Waals surface area contributed by atoms with Crippen LogP contribution in [0.3, 0.4) is 0 Å². The van der Waals surface area contributed by atoms with E-state index in [1.165, 1.54) is 0 Å². The van der Waals surface area contributed by atoms with E-state index < -0.39 is 0 Å². The van der Waals surface area contributed by atoms with Gasteiger partial charge in [-0.15, -0.1) is 0 Å². The number of benzene rings is 1. The molecule has 0 spiro atoms. The zero-order valence-electron chi connectivity index (χ0n) is 10.9. The molecule has 0 bridgehead atoms. The molecule has 1 unspecified atom stereocenters. The van der Waals surface area contributed by atoms with E-state index in [1.54, 1.807) is 7.11 Å². The van der Waals surface area contributed by atoms with Crippen LogP contribution in [0.4, 0.5) is 0 Å². The Morgan fingerprint density at radius 3 is 2.94 bits per heavy atom. The van der Waals surface area contributed by atoms with Gasteiger partial charge in [-0.2, -0.15) is 0 Å². The highest BCUT2D eigenvalue weighted by molar-refractivity contribution is 5.76. The highest BCUT2D eigenvalue weighted by atomic mass is 16.5. The number of carbonyl (C=O) groups excluding carboxylic acids is 1. The molecule has 0 saturated carbocycles. The standard InChI is InChI=1S/C14H20N2O2/c1-10(12-4-3-5-13(7-12)18-2)16-14(17)6-11-8-15-9-11/h3-5,7,10-11,15H,6,8-9H2,1-2H3,(H,16,17). The third-order valence-corrected chi connectivity index (χ3v) is 3.31. The van der Waals surface area contributed by atoms with Crippen molar-refractivity contribution in [1.29, 1.82) is 0 Å². The van der Waals surface area contributed by atoms with Crippen LogP contribution in [0.25, 0.3) is 0 Å². The normalized spacial score (nSPS) is 16.8. The number of hydrogen-bond donors (Lipinski definition) is 2. The van der Waals surface area contributed by atoms with Crippen LogP contribution >= 0.6 is 0 Å². The second-order valence-corrected chi connectivity index (χ2v) is 4.79. The van der Waals surface area contributed by atoms with Gasteiger partial charge in [-0.25, -0.2) is 0 Å². The van der Waals surface area contributed by atoms with Gasteiger partial charge in [0.2, 0.25) is 5.91 Å². The molecule has 1 heterocycles. The summed E-state index contributed by atoms with van der Waals surface area (Å²) in [5.74, 6) is 1.44. The third-order valence-electron chi connectivity index (χ3n) is 3.31. The second-order valence-electron chi connectivity index (χ2n) is 4.79. The van der Waals surface area contributed by atoms with Gasteiger partial charge in [-0.3, -0.25) is 4.79 Å². The lowest BCUT2D eigenvalue weighted by molar-refractivity contribution is -0.123. The summed E-state index contributed by atoms with van der Waals surface area (Å²) >= 11 is 0. The van der Waals surface area contributed by atoms with Crippen molar-refractivity contribution in [1.82, 2.24) is 10.6 Å². The molecule has 1 amide bonds. The van der Waals surface area contributed by atoms with E-state index in [2.05, 4.69) is 10.6 Å². The van der Waals surface area contributed by atoms with Gasteiger partial charge in [0, 0.05) is 6.42 Å². The Balaban J connectivity index is 1.89. The van der Waals surface area contributed by atoms with Crippen molar-refractivity contribution in [3.8, 4) is 5.75 Å². The number of methoxy groups -OCH3 is 1. The Hall–Kier alpha value is -1.55. The summed E-state index contributed by atoms with van der Waals surface area (Å²) in [6, 6.07) is 7.81. The van der Waals surface area contributed by atoms with E-state index >= 15 is 0 Å². The van der Waals surface area contributed by atoms with E-state index in [1.807, 2.05) is 31.2 Å². The molecule has 98 valence electrons. The molecule has 1 aromatic carbocycles. The summed E-state index contributed by atoms with van der Waals surface area (Å²) in [5.41, 5.74) is 1.06. The van der Waals surface area contributed by atoms with Gasteiger partial charge in [-0.05, 0) is 43.6 Å². The van der Waals surface area contributed by atoms with Crippen LogP contribution in [0.1, 0.15) is 24.9 Å². The summed E-state index contributed by atoms with van der Waals surface area (Å²) in [5, 5.41) is 6.19. The Morgan fingerprint density at radius 2 is 2.33 bits per heavy atom. The molecule has 1 saturated heterocycles. The van der Waals surface area contributed by atoms with Crippen molar-refractivity contribution in [2.24, 2.45) is 5.92 Å². The van der Waals surface area contributed by atoms with Gasteiger partial charge in [0.25, 0.3) is 0 Å². The van der Waals surface area contributed by atoms with E-state index in [0.29, 0.717) is 12.3 Å². The summed E-state index contributed by atoms with van der Waals surface area (Å²) in [6.07, 6.45) is 0.612. The second kappa shape index (κ2) is 5.87. The molecule has 1 aliphatic heterocycles. The predicted molar refractivity (Wildman–Crippen MR) is 70.5 cm³/mol. The van der Waals surface area contributed by atoms with Crippen LogP contribution in [0.2, 0.25) is 0 Å². The van der Waals surface area contributed by atoms with Crippen LogP contribution in [-0.2, 0) is 4.79 Å². The highest BCUT2D eigenvalue weighted by Crippen LogP contribution is 2.19. The Bertz CT molecular complexity index is 416. The molecule has 0 aromatic heterocycles. The predicted octanol–water partition coefficient (Wildman–Crippen LogP) is 1.48. The number of amides is 1. The summed E-state index contributed by atoms with van der Waals surface area (Å²) in [4.78, 5) is 11.8. The monoisotopic (exact) mass is 248 g/mol. The van der Waals surface area contributed by atoms with Crippen molar-refractivity contribution in [3.63, 3.8) is 0 Å². The van der Waals surface area contributed by atoms with E-state index in [9.17, 15) is 4.79 Å². The first-order chi connectivity index (χ1) is 8.69. The fourth-order valence-electron chi connectivity index (χ4n) is 2.05. The fraction of sp³-hybridized carbons (Fsp3) is 0.500. The molecule has 1 aromatic rings. The molecule has 0 radical (unpaired) electrons. The van der Waals surface area contributed by atoms with Crippen molar-refractivity contribution in [2.45, 2.75) is 19.4 Å². The van der Waals surface area contributed by atoms with E-state index in [4.69, 9.17) is 4.74 Å². The molecule has 4 nitrogen and oxygen atoms in total. The van der Waals surface area contributed by atoms with Gasteiger partial charge < -0.3 is 15.4 Å². The van der Waals surface area contributed by atoms with Crippen LogP contribution < -0.4 is 15.4 Å². The molecule has 0 aliphatic carbocycles. The molecular formula is C14H20N2O2. The summed E-state index contributed by atoms with van der Waals surface area (Å²) in [6.45, 7) is 3.91. The molecule has 1 aliphatic rings. The Labute approximate surface area is 108 Å². The summed E-state index contributed by atoms with van der Waals surface area (Å²) < 4.78 is 5.18. The quantitative estimate of drug-likeness (QED) is 0.830. The molecule has 4 heteroatoms. The van der Waals surface area contributed by atoms with Gasteiger partial charge in [0.15, 0.2) is 0 Å². The zero-order chi connectivity index (χ0) is 13.0. The average Bonchev–Trinajstić information content (AvgIpc) is 2.34. The topological polar surface area (TPSA) is 50.4 Å². The molecule has 2 N–H and O–H groups in total. The third kappa shape index (κ3) is 3.23. The van der Waals surface area contributed by atoms with Crippen molar-refractivity contribution in [2.75, 3.05) is 20.2 Å². The van der Waals surface area contributed by atoms with E-state index in [0.717, 1.165) is 24.4 Å². The highest BCUT2D eigenvalue weighted by Gasteiger charge is 2.21. The SMILES string of the molecule is COc1cccc(C(C)NC(=O)CC2CNC2)c1. The first-order valence-electron chi connectivity index (χ1n) is 6.33. The first kappa shape index (κ1) is 12.9. The van der Waals surface area contributed by atoms with Crippen LogP contribution in [-0.4, -0.2) is 26.1 Å².